The highest BCUT2D eigenvalue weighted by molar-refractivity contribution is 7.90. The summed E-state index contributed by atoms with van der Waals surface area (Å²) < 4.78 is 52.8. The maximum atomic E-state index is 14.8. The highest BCUT2D eigenvalue weighted by atomic mass is 35.5. The number of hydrogen-bond donors (Lipinski definition) is 2. The molecule has 0 aliphatic carbocycles. The third-order valence-corrected chi connectivity index (χ3v) is 7.59. The Hall–Kier alpha value is -1.94. The molecular weight excluding hydrogens is 533 g/mol. The van der Waals surface area contributed by atoms with E-state index in [1.54, 1.807) is 0 Å². The first-order valence-corrected chi connectivity index (χ1v) is 13.2. The number of halogens is 5. The summed E-state index contributed by atoms with van der Waals surface area (Å²) in [4.78, 5) is 24.8. The van der Waals surface area contributed by atoms with Crippen LogP contribution in [0, 0.1) is 6.92 Å². The Kier molecular flexibility index (Phi) is 7.82. The van der Waals surface area contributed by atoms with Gasteiger partial charge in [0, 0.05) is 36.1 Å². The number of alkyl halides is 2. The van der Waals surface area contributed by atoms with Crippen molar-refractivity contribution in [3.05, 3.63) is 50.5 Å². The second-order valence-corrected chi connectivity index (χ2v) is 11.3. The van der Waals surface area contributed by atoms with Gasteiger partial charge < -0.3 is 10.6 Å². The zero-order chi connectivity index (χ0) is 25.4. The third-order valence-electron chi connectivity index (χ3n) is 5.48. The Bertz CT molecular complexity index is 1270. The molecule has 0 fully saturated rings. The molecule has 6 nitrogen and oxygen atoms in total. The highest BCUT2D eigenvalue weighted by Crippen LogP contribution is 2.48. The Balaban J connectivity index is 1.60. The quantitative estimate of drug-likeness (QED) is 0.438. The fraction of sp³-hybridized carbons (Fsp3) is 0.364. The van der Waals surface area contributed by atoms with Crippen molar-refractivity contribution >= 4 is 67.7 Å². The smallest absolute Gasteiger partial charge is 0.278 e. The summed E-state index contributed by atoms with van der Waals surface area (Å²) in [6, 6.07) is 4.09. The van der Waals surface area contributed by atoms with Crippen LogP contribution in [-0.2, 0) is 25.3 Å². The normalized spacial score (nSPS) is 17.0. The van der Waals surface area contributed by atoms with E-state index in [1.807, 2.05) is 0 Å². The van der Waals surface area contributed by atoms with Gasteiger partial charge in [-0.25, -0.2) is 17.2 Å². The van der Waals surface area contributed by atoms with Crippen LogP contribution in [0.3, 0.4) is 0 Å². The van der Waals surface area contributed by atoms with Crippen LogP contribution in [0.25, 0.3) is 0 Å². The summed E-state index contributed by atoms with van der Waals surface area (Å²) >= 11 is 18.1. The molecule has 0 spiro atoms. The molecule has 2 aromatic carbocycles. The van der Waals surface area contributed by atoms with Gasteiger partial charge in [0.1, 0.15) is 0 Å². The lowest BCUT2D eigenvalue weighted by atomic mass is 9.88. The van der Waals surface area contributed by atoms with Crippen molar-refractivity contribution in [2.75, 3.05) is 16.9 Å². The summed E-state index contributed by atoms with van der Waals surface area (Å²) in [7, 11) is -3.45. The monoisotopic (exact) mass is 552 g/mol. The van der Waals surface area contributed by atoms with Gasteiger partial charge in [-0.05, 0) is 43.2 Å². The second kappa shape index (κ2) is 9.97. The molecule has 0 saturated carbocycles. The lowest BCUT2D eigenvalue weighted by Crippen LogP contribution is -2.40. The van der Waals surface area contributed by atoms with Crippen LogP contribution in [0.1, 0.15) is 36.8 Å². The summed E-state index contributed by atoms with van der Waals surface area (Å²) in [6.07, 6.45) is 0.235. The number of fused-ring (bicyclic) bond motifs is 1. The number of rotatable bonds is 7. The van der Waals surface area contributed by atoms with Crippen molar-refractivity contribution in [2.24, 2.45) is 0 Å². The van der Waals surface area contributed by atoms with Crippen molar-refractivity contribution < 1.29 is 26.8 Å². The van der Waals surface area contributed by atoms with Crippen molar-refractivity contribution in [1.29, 1.82) is 0 Å². The number of carbonyl (C=O) groups is 2. The van der Waals surface area contributed by atoms with Gasteiger partial charge in [-0.15, -0.1) is 0 Å². The van der Waals surface area contributed by atoms with E-state index < -0.39 is 39.9 Å². The van der Waals surface area contributed by atoms with Crippen molar-refractivity contribution in [3.63, 3.8) is 0 Å². The maximum absolute atomic E-state index is 14.8. The van der Waals surface area contributed by atoms with Gasteiger partial charge in [0.2, 0.25) is 5.91 Å². The number of nitrogens with one attached hydrogen (secondary N) is 2. The molecule has 0 radical (unpaired) electrons. The number of anilines is 2. The molecule has 184 valence electrons. The molecule has 0 aromatic heterocycles. The molecule has 1 aliphatic rings. The van der Waals surface area contributed by atoms with Gasteiger partial charge in [-0.3, -0.25) is 9.59 Å². The molecule has 1 aliphatic heterocycles. The minimum absolute atomic E-state index is 0.000855. The Labute approximate surface area is 210 Å². The lowest BCUT2D eigenvalue weighted by Gasteiger charge is -2.34. The van der Waals surface area contributed by atoms with E-state index in [4.69, 9.17) is 34.8 Å². The maximum Gasteiger partial charge on any atom is 0.278 e. The van der Waals surface area contributed by atoms with E-state index in [1.165, 1.54) is 31.2 Å². The summed E-state index contributed by atoms with van der Waals surface area (Å²) in [5, 5.41) is 5.52. The van der Waals surface area contributed by atoms with Crippen LogP contribution >= 0.6 is 34.8 Å². The molecule has 12 heteroatoms. The number of benzene rings is 2. The second-order valence-electron chi connectivity index (χ2n) is 8.10. The van der Waals surface area contributed by atoms with E-state index in [0.717, 1.165) is 6.26 Å². The molecular formula is C22H21Cl3F2N2O4S. The molecule has 0 bridgehead atoms. The van der Waals surface area contributed by atoms with Crippen molar-refractivity contribution in [2.45, 2.75) is 49.5 Å². The summed E-state index contributed by atoms with van der Waals surface area (Å²) in [5.74, 6) is -4.23. The van der Waals surface area contributed by atoms with Gasteiger partial charge in [-0.2, -0.15) is 0 Å². The molecule has 1 atom stereocenters. The minimum Gasteiger partial charge on any atom is -0.373 e. The standard InChI is InChI=1S/C22H21Cl3F2N2O4S/c1-11-13(23)9-15(25)21-20(11)22(26,27)10-17(29-21)18(30)4-3-5-19(31)28-16-7-6-12(8-14(16)24)34(2,32)33/h6-9,17,29H,3-5,10H2,1-2H3,(H,28,31). The van der Waals surface area contributed by atoms with Gasteiger partial charge >= 0.3 is 0 Å². The average molecular weight is 554 g/mol. The summed E-state index contributed by atoms with van der Waals surface area (Å²) in [6.45, 7) is 1.47. The number of ketones is 1. The lowest BCUT2D eigenvalue weighted by molar-refractivity contribution is -0.123. The SMILES string of the molecule is Cc1c(Cl)cc(Cl)c2c1C(F)(F)CC(C(=O)CCCC(=O)Nc1ccc(S(C)(=O)=O)cc1Cl)N2. The van der Waals surface area contributed by atoms with Crippen LogP contribution < -0.4 is 10.6 Å². The Morgan fingerprint density at radius 2 is 1.79 bits per heavy atom. The molecule has 0 saturated heterocycles. The molecule has 1 amide bonds. The number of hydrogen-bond acceptors (Lipinski definition) is 5. The van der Waals surface area contributed by atoms with E-state index >= 15 is 0 Å². The average Bonchev–Trinajstić information content (AvgIpc) is 2.71. The van der Waals surface area contributed by atoms with Crippen LogP contribution in [0.15, 0.2) is 29.2 Å². The van der Waals surface area contributed by atoms with Crippen molar-refractivity contribution in [1.82, 2.24) is 0 Å². The largest absolute Gasteiger partial charge is 0.373 e. The fourth-order valence-corrected chi connectivity index (χ4v) is 5.19. The number of Topliss-reactive ketones (excluding diaryl/α,β-unsaturated/α-hetero) is 1. The topological polar surface area (TPSA) is 92.3 Å². The number of carbonyl (C=O) groups excluding carboxylic acids is 2. The zero-order valence-electron chi connectivity index (χ0n) is 18.1. The van der Waals surface area contributed by atoms with Crippen LogP contribution in [0.5, 0.6) is 0 Å². The van der Waals surface area contributed by atoms with Gasteiger partial charge in [0.15, 0.2) is 15.6 Å². The molecule has 2 N–H and O–H groups in total. The van der Waals surface area contributed by atoms with Crippen LogP contribution in [0.2, 0.25) is 15.1 Å². The van der Waals surface area contributed by atoms with Gasteiger partial charge in [0.05, 0.1) is 32.4 Å². The predicted molar refractivity (Wildman–Crippen MR) is 129 cm³/mol. The molecule has 1 heterocycles. The summed E-state index contributed by atoms with van der Waals surface area (Å²) in [5.41, 5.74) is 0.0962. The highest BCUT2D eigenvalue weighted by Gasteiger charge is 2.45. The Morgan fingerprint density at radius 1 is 1.12 bits per heavy atom. The number of amides is 1. The van der Waals surface area contributed by atoms with E-state index in [2.05, 4.69) is 10.6 Å². The minimum atomic E-state index is -3.45. The van der Waals surface area contributed by atoms with E-state index in [-0.39, 0.29) is 61.7 Å². The number of sulfone groups is 1. The van der Waals surface area contributed by atoms with Crippen molar-refractivity contribution in [3.8, 4) is 0 Å². The Morgan fingerprint density at radius 3 is 2.41 bits per heavy atom. The fourth-order valence-electron chi connectivity index (χ4n) is 3.73. The molecule has 1 unspecified atom stereocenters. The first-order chi connectivity index (χ1) is 15.7. The van der Waals surface area contributed by atoms with E-state index in [0.29, 0.717) is 0 Å². The first kappa shape index (κ1) is 26.7. The molecule has 2 aromatic rings. The first-order valence-electron chi connectivity index (χ1n) is 10.2. The van der Waals surface area contributed by atoms with Crippen LogP contribution in [0.4, 0.5) is 20.2 Å². The zero-order valence-corrected chi connectivity index (χ0v) is 21.2. The predicted octanol–water partition coefficient (Wildman–Crippen LogP) is 6.01. The molecule has 34 heavy (non-hydrogen) atoms. The van der Waals surface area contributed by atoms with E-state index in [9.17, 15) is 26.8 Å². The molecule has 3 rings (SSSR count). The van der Waals surface area contributed by atoms with Gasteiger partial charge in [-0.1, -0.05) is 34.8 Å². The van der Waals surface area contributed by atoms with Crippen LogP contribution in [-0.4, -0.2) is 32.4 Å². The van der Waals surface area contributed by atoms with Gasteiger partial charge in [0.25, 0.3) is 5.92 Å². The third kappa shape index (κ3) is 5.82.